The molecule has 0 saturated heterocycles. The number of hydrogen-bond acceptors (Lipinski definition) is 4. The fraction of sp³-hybridized carbons (Fsp3) is 0.385. The lowest BCUT2D eigenvalue weighted by Crippen LogP contribution is -2.17. The summed E-state index contributed by atoms with van der Waals surface area (Å²) < 4.78 is 8.28. The summed E-state index contributed by atoms with van der Waals surface area (Å²) in [5.41, 5.74) is 1.07. The van der Waals surface area contributed by atoms with Gasteiger partial charge in [0.1, 0.15) is 17.9 Å². The summed E-state index contributed by atoms with van der Waals surface area (Å²) in [5, 5.41) is 7.52. The molecule has 1 aromatic carbocycles. The average Bonchev–Trinajstić information content (AvgIpc) is 2.84. The Bertz CT molecular complexity index is 541. The number of nitrogens with zero attached hydrogens (tertiary/aromatic N) is 3. The van der Waals surface area contributed by atoms with E-state index in [1.807, 2.05) is 22.9 Å². The normalized spacial score (nSPS) is 10.7. The number of rotatable bonds is 6. The zero-order valence-corrected chi connectivity index (χ0v) is 12.6. The summed E-state index contributed by atoms with van der Waals surface area (Å²) >= 11 is 3.48. The highest BCUT2D eigenvalue weighted by Gasteiger charge is 2.09. The van der Waals surface area contributed by atoms with Crippen molar-refractivity contribution in [3.8, 4) is 5.75 Å². The van der Waals surface area contributed by atoms with E-state index in [1.54, 1.807) is 13.4 Å². The van der Waals surface area contributed by atoms with Gasteiger partial charge in [-0.1, -0.05) is 22.9 Å². The minimum atomic E-state index is 0.642. The minimum Gasteiger partial charge on any atom is -0.496 e. The molecule has 6 heteroatoms. The Hall–Kier alpha value is -1.40. The second-order valence-electron chi connectivity index (χ2n) is 4.07. The summed E-state index contributed by atoms with van der Waals surface area (Å²) in [6, 6.07) is 5.95. The first kappa shape index (κ1) is 14.0. The van der Waals surface area contributed by atoms with Gasteiger partial charge < -0.3 is 10.1 Å². The van der Waals surface area contributed by atoms with E-state index in [4.69, 9.17) is 4.74 Å². The lowest BCUT2D eigenvalue weighted by atomic mass is 10.2. The summed E-state index contributed by atoms with van der Waals surface area (Å²) in [5.74, 6) is 1.77. The molecule has 0 fully saturated rings. The number of benzene rings is 1. The van der Waals surface area contributed by atoms with Crippen molar-refractivity contribution >= 4 is 15.9 Å². The Morgan fingerprint density at radius 1 is 1.42 bits per heavy atom. The van der Waals surface area contributed by atoms with Crippen LogP contribution in [0.2, 0.25) is 0 Å². The Morgan fingerprint density at radius 3 is 3.00 bits per heavy atom. The fourth-order valence-electron chi connectivity index (χ4n) is 1.83. The standard InChI is InChI=1S/C13H17BrN4O/c1-3-15-7-13-16-9-17-18(13)8-10-6-11(14)4-5-12(10)19-2/h4-6,9,15H,3,7-8H2,1-2H3. The number of ether oxygens (including phenoxy) is 1. The van der Waals surface area contributed by atoms with Gasteiger partial charge in [0.05, 0.1) is 20.2 Å². The van der Waals surface area contributed by atoms with Crippen LogP contribution in [0.1, 0.15) is 18.3 Å². The van der Waals surface area contributed by atoms with Crippen molar-refractivity contribution in [2.45, 2.75) is 20.0 Å². The third-order valence-corrected chi connectivity index (χ3v) is 3.28. The maximum atomic E-state index is 5.37. The highest BCUT2D eigenvalue weighted by Crippen LogP contribution is 2.23. The predicted octanol–water partition coefficient (Wildman–Crippen LogP) is 2.21. The lowest BCUT2D eigenvalue weighted by Gasteiger charge is -2.11. The Balaban J connectivity index is 2.21. The highest BCUT2D eigenvalue weighted by atomic mass is 79.9. The molecule has 19 heavy (non-hydrogen) atoms. The van der Waals surface area contributed by atoms with Gasteiger partial charge in [0.25, 0.3) is 0 Å². The van der Waals surface area contributed by atoms with E-state index < -0.39 is 0 Å². The lowest BCUT2D eigenvalue weighted by molar-refractivity contribution is 0.406. The molecule has 0 amide bonds. The minimum absolute atomic E-state index is 0.642. The molecule has 0 bridgehead atoms. The molecule has 0 aliphatic heterocycles. The van der Waals surface area contributed by atoms with Crippen LogP contribution in [0.5, 0.6) is 5.75 Å². The molecule has 0 aliphatic carbocycles. The van der Waals surface area contributed by atoms with Crippen LogP contribution >= 0.6 is 15.9 Å². The zero-order valence-electron chi connectivity index (χ0n) is 11.1. The first-order valence-electron chi connectivity index (χ1n) is 6.14. The van der Waals surface area contributed by atoms with Crippen LogP contribution in [0.25, 0.3) is 0 Å². The van der Waals surface area contributed by atoms with E-state index in [-0.39, 0.29) is 0 Å². The van der Waals surface area contributed by atoms with Gasteiger partial charge in [0, 0.05) is 10.0 Å². The van der Waals surface area contributed by atoms with Crippen molar-refractivity contribution in [2.75, 3.05) is 13.7 Å². The number of nitrogens with one attached hydrogen (secondary N) is 1. The average molecular weight is 325 g/mol. The van der Waals surface area contributed by atoms with E-state index in [0.29, 0.717) is 13.1 Å². The molecule has 1 aromatic heterocycles. The second kappa shape index (κ2) is 6.68. The molecule has 0 unspecified atom stereocenters. The van der Waals surface area contributed by atoms with Crippen LogP contribution in [0.15, 0.2) is 29.0 Å². The number of methoxy groups -OCH3 is 1. The van der Waals surface area contributed by atoms with Crippen molar-refractivity contribution in [3.05, 3.63) is 40.4 Å². The first-order valence-corrected chi connectivity index (χ1v) is 6.93. The molecular formula is C13H17BrN4O. The van der Waals surface area contributed by atoms with Crippen molar-refractivity contribution in [1.29, 1.82) is 0 Å². The fourth-order valence-corrected chi connectivity index (χ4v) is 2.23. The van der Waals surface area contributed by atoms with Gasteiger partial charge in [0.2, 0.25) is 0 Å². The molecular weight excluding hydrogens is 308 g/mol. The molecule has 0 saturated carbocycles. The SMILES string of the molecule is CCNCc1ncnn1Cc1cc(Br)ccc1OC. The number of aromatic nitrogens is 3. The molecule has 2 aromatic rings. The smallest absolute Gasteiger partial charge is 0.141 e. The van der Waals surface area contributed by atoms with Crippen molar-refractivity contribution in [2.24, 2.45) is 0 Å². The topological polar surface area (TPSA) is 52.0 Å². The number of hydrogen-bond donors (Lipinski definition) is 1. The van der Waals surface area contributed by atoms with Gasteiger partial charge in [-0.2, -0.15) is 5.10 Å². The molecule has 0 radical (unpaired) electrons. The third kappa shape index (κ3) is 3.54. The quantitative estimate of drug-likeness (QED) is 0.885. The molecule has 0 spiro atoms. The maximum Gasteiger partial charge on any atom is 0.141 e. The van der Waals surface area contributed by atoms with Gasteiger partial charge >= 0.3 is 0 Å². The van der Waals surface area contributed by atoms with Crippen molar-refractivity contribution in [1.82, 2.24) is 20.1 Å². The van der Waals surface area contributed by atoms with Crippen LogP contribution in [0.4, 0.5) is 0 Å². The van der Waals surface area contributed by atoms with E-state index >= 15 is 0 Å². The van der Waals surface area contributed by atoms with Gasteiger partial charge in [-0.25, -0.2) is 9.67 Å². The maximum absolute atomic E-state index is 5.37. The van der Waals surface area contributed by atoms with Crippen LogP contribution in [-0.4, -0.2) is 28.4 Å². The summed E-state index contributed by atoms with van der Waals surface area (Å²) in [6.45, 7) is 4.33. The van der Waals surface area contributed by atoms with E-state index in [1.165, 1.54) is 0 Å². The molecule has 0 atom stereocenters. The molecule has 2 rings (SSSR count). The molecule has 5 nitrogen and oxygen atoms in total. The molecule has 102 valence electrons. The van der Waals surface area contributed by atoms with E-state index in [9.17, 15) is 0 Å². The largest absolute Gasteiger partial charge is 0.496 e. The Morgan fingerprint density at radius 2 is 2.26 bits per heavy atom. The molecule has 0 aliphatic rings. The highest BCUT2D eigenvalue weighted by molar-refractivity contribution is 9.10. The van der Waals surface area contributed by atoms with Crippen molar-refractivity contribution < 1.29 is 4.74 Å². The van der Waals surface area contributed by atoms with E-state index in [2.05, 4.69) is 38.3 Å². The van der Waals surface area contributed by atoms with Gasteiger partial charge in [-0.3, -0.25) is 0 Å². The van der Waals surface area contributed by atoms with Gasteiger partial charge in [-0.15, -0.1) is 0 Å². The molecule has 1 N–H and O–H groups in total. The molecule has 1 heterocycles. The summed E-state index contributed by atoms with van der Waals surface area (Å²) in [4.78, 5) is 4.26. The monoisotopic (exact) mass is 324 g/mol. The first-order chi connectivity index (χ1) is 9.24. The Labute approximate surface area is 121 Å². The number of halogens is 1. The second-order valence-corrected chi connectivity index (χ2v) is 4.99. The van der Waals surface area contributed by atoms with Crippen LogP contribution in [-0.2, 0) is 13.1 Å². The van der Waals surface area contributed by atoms with Crippen molar-refractivity contribution in [3.63, 3.8) is 0 Å². The van der Waals surface area contributed by atoms with Crippen LogP contribution < -0.4 is 10.1 Å². The zero-order chi connectivity index (χ0) is 13.7. The third-order valence-electron chi connectivity index (χ3n) is 2.79. The van der Waals surface area contributed by atoms with Gasteiger partial charge in [0.15, 0.2) is 0 Å². The summed E-state index contributed by atoms with van der Waals surface area (Å²) in [6.07, 6.45) is 1.58. The predicted molar refractivity (Wildman–Crippen MR) is 77.2 cm³/mol. The van der Waals surface area contributed by atoms with Gasteiger partial charge in [-0.05, 0) is 24.7 Å². The Kier molecular flexibility index (Phi) is 4.93. The van der Waals surface area contributed by atoms with Crippen LogP contribution in [0.3, 0.4) is 0 Å². The van der Waals surface area contributed by atoms with E-state index in [0.717, 1.165) is 28.2 Å². The summed E-state index contributed by atoms with van der Waals surface area (Å²) in [7, 11) is 1.67. The van der Waals surface area contributed by atoms with Crippen LogP contribution in [0, 0.1) is 0 Å².